The van der Waals surface area contributed by atoms with Crippen molar-refractivity contribution in [3.05, 3.63) is 60.8 Å². The molecule has 5 nitrogen and oxygen atoms in total. The molecule has 1 unspecified atom stereocenters. The highest BCUT2D eigenvalue weighted by atomic mass is 16.6. The van der Waals surface area contributed by atoms with Gasteiger partial charge in [0.05, 0.1) is 0 Å². The second kappa shape index (κ2) is 5.61. The minimum Gasteiger partial charge on any atom is -0.485 e. The Labute approximate surface area is 132 Å². The van der Waals surface area contributed by atoms with E-state index in [1.807, 2.05) is 36.4 Å². The molecular formula is C18H13NO4. The van der Waals surface area contributed by atoms with Crippen LogP contribution in [0.5, 0.6) is 17.2 Å². The zero-order chi connectivity index (χ0) is 15.6. The Hall–Kier alpha value is -3.08. The summed E-state index contributed by atoms with van der Waals surface area (Å²) in [6.07, 6.45) is 0.861. The van der Waals surface area contributed by atoms with Gasteiger partial charge in [0.2, 0.25) is 6.10 Å². The maximum absolute atomic E-state index is 12.4. The molecule has 0 radical (unpaired) electrons. The van der Waals surface area contributed by atoms with Gasteiger partial charge in [0.1, 0.15) is 12.1 Å². The summed E-state index contributed by atoms with van der Waals surface area (Å²) in [4.78, 5) is 16.6. The molecule has 1 aliphatic rings. The molecule has 0 bridgehead atoms. The number of esters is 1. The van der Waals surface area contributed by atoms with Crippen molar-refractivity contribution in [1.82, 2.24) is 4.98 Å². The van der Waals surface area contributed by atoms with Crippen molar-refractivity contribution in [2.45, 2.75) is 6.10 Å². The molecule has 0 N–H and O–H groups in total. The lowest BCUT2D eigenvalue weighted by atomic mass is 10.2. The van der Waals surface area contributed by atoms with E-state index in [1.54, 1.807) is 24.4 Å². The summed E-state index contributed by atoms with van der Waals surface area (Å²) < 4.78 is 16.7. The lowest BCUT2D eigenvalue weighted by molar-refractivity contribution is -0.144. The number of rotatable bonds is 2. The van der Waals surface area contributed by atoms with Crippen LogP contribution in [0.25, 0.3) is 10.9 Å². The van der Waals surface area contributed by atoms with Gasteiger partial charge in [-0.1, -0.05) is 30.3 Å². The zero-order valence-corrected chi connectivity index (χ0v) is 12.1. The van der Waals surface area contributed by atoms with Crippen LogP contribution in [0.2, 0.25) is 0 Å². The molecule has 0 saturated carbocycles. The van der Waals surface area contributed by atoms with Crippen molar-refractivity contribution in [1.29, 1.82) is 0 Å². The maximum atomic E-state index is 12.4. The highest BCUT2D eigenvalue weighted by Gasteiger charge is 2.29. The minimum absolute atomic E-state index is 0.119. The fraction of sp³-hybridized carbons (Fsp3) is 0.111. The van der Waals surface area contributed by atoms with Gasteiger partial charge in [-0.15, -0.1) is 0 Å². The second-order valence-corrected chi connectivity index (χ2v) is 5.12. The molecule has 2 heterocycles. The first-order valence-corrected chi connectivity index (χ1v) is 7.25. The number of nitrogens with zero attached hydrogens (tertiary/aromatic N) is 1. The molecule has 0 spiro atoms. The summed E-state index contributed by atoms with van der Waals surface area (Å²) in [6.45, 7) is 0.119. The third-order valence-corrected chi connectivity index (χ3v) is 3.58. The molecule has 2 aromatic carbocycles. The molecule has 0 aliphatic carbocycles. The van der Waals surface area contributed by atoms with Crippen molar-refractivity contribution < 1.29 is 19.0 Å². The topological polar surface area (TPSA) is 57.7 Å². The number of ether oxygens (including phenoxy) is 3. The van der Waals surface area contributed by atoms with Crippen LogP contribution in [0.4, 0.5) is 0 Å². The fourth-order valence-corrected chi connectivity index (χ4v) is 2.47. The van der Waals surface area contributed by atoms with Crippen LogP contribution in [0.3, 0.4) is 0 Å². The summed E-state index contributed by atoms with van der Waals surface area (Å²) in [5.41, 5.74) is 0.639. The quantitative estimate of drug-likeness (QED) is 0.538. The summed E-state index contributed by atoms with van der Waals surface area (Å²) >= 11 is 0. The van der Waals surface area contributed by atoms with Crippen LogP contribution in [0, 0.1) is 0 Å². The molecule has 4 rings (SSSR count). The minimum atomic E-state index is -0.802. The largest absolute Gasteiger partial charge is 0.485 e. The van der Waals surface area contributed by atoms with Gasteiger partial charge in [-0.25, -0.2) is 4.79 Å². The van der Waals surface area contributed by atoms with E-state index in [2.05, 4.69) is 4.98 Å². The van der Waals surface area contributed by atoms with Gasteiger partial charge in [0.15, 0.2) is 17.2 Å². The molecule has 5 heteroatoms. The Bertz CT molecular complexity index is 872. The third kappa shape index (κ3) is 2.57. The predicted octanol–water partition coefficient (Wildman–Crippen LogP) is 2.98. The van der Waals surface area contributed by atoms with E-state index < -0.39 is 12.1 Å². The molecule has 0 saturated heterocycles. The summed E-state index contributed by atoms with van der Waals surface area (Å²) in [5, 5.41) is 0.906. The Balaban J connectivity index is 1.56. The van der Waals surface area contributed by atoms with Crippen molar-refractivity contribution in [2.24, 2.45) is 0 Å². The molecule has 1 atom stereocenters. The summed E-state index contributed by atoms with van der Waals surface area (Å²) in [6, 6.07) is 16.4. The highest BCUT2D eigenvalue weighted by Crippen LogP contribution is 2.31. The SMILES string of the molecule is O=C(Oc1cccc2cccnc12)C1COc2ccccc2O1. The van der Waals surface area contributed by atoms with Crippen LogP contribution < -0.4 is 14.2 Å². The Morgan fingerprint density at radius 3 is 2.78 bits per heavy atom. The Morgan fingerprint density at radius 2 is 1.87 bits per heavy atom. The van der Waals surface area contributed by atoms with Crippen molar-refractivity contribution in [2.75, 3.05) is 6.61 Å². The molecule has 1 aromatic heterocycles. The monoisotopic (exact) mass is 307 g/mol. The van der Waals surface area contributed by atoms with Crippen LogP contribution >= 0.6 is 0 Å². The molecule has 0 fully saturated rings. The van der Waals surface area contributed by atoms with E-state index >= 15 is 0 Å². The van der Waals surface area contributed by atoms with E-state index in [9.17, 15) is 4.79 Å². The number of benzene rings is 2. The molecular weight excluding hydrogens is 294 g/mol. The summed E-state index contributed by atoms with van der Waals surface area (Å²) in [7, 11) is 0. The molecule has 23 heavy (non-hydrogen) atoms. The summed E-state index contributed by atoms with van der Waals surface area (Å²) in [5.74, 6) is 1.08. The van der Waals surface area contributed by atoms with E-state index in [0.29, 0.717) is 22.8 Å². The van der Waals surface area contributed by atoms with E-state index in [0.717, 1.165) is 5.39 Å². The number of aromatic nitrogens is 1. The standard InChI is InChI=1S/C18H13NO4/c20-18(16-11-21-13-7-1-2-8-14(13)22-16)23-15-9-3-5-12-6-4-10-19-17(12)15/h1-10,16H,11H2. The average molecular weight is 307 g/mol. The van der Waals surface area contributed by atoms with E-state index in [1.165, 1.54) is 0 Å². The van der Waals surface area contributed by atoms with Gasteiger partial charge in [0.25, 0.3) is 0 Å². The van der Waals surface area contributed by atoms with E-state index in [4.69, 9.17) is 14.2 Å². The van der Waals surface area contributed by atoms with Crippen molar-refractivity contribution in [3.63, 3.8) is 0 Å². The average Bonchev–Trinajstić information content (AvgIpc) is 2.61. The van der Waals surface area contributed by atoms with Gasteiger partial charge in [-0.2, -0.15) is 0 Å². The van der Waals surface area contributed by atoms with Gasteiger partial charge in [0, 0.05) is 11.6 Å². The maximum Gasteiger partial charge on any atom is 0.356 e. The Kier molecular flexibility index (Phi) is 3.31. The van der Waals surface area contributed by atoms with Crippen molar-refractivity contribution >= 4 is 16.9 Å². The number of para-hydroxylation sites is 3. The number of hydrogen-bond donors (Lipinski definition) is 0. The molecule has 3 aromatic rings. The lowest BCUT2D eigenvalue weighted by Gasteiger charge is -2.24. The number of pyridine rings is 1. The predicted molar refractivity (Wildman–Crippen MR) is 83.7 cm³/mol. The van der Waals surface area contributed by atoms with Crippen molar-refractivity contribution in [3.8, 4) is 17.2 Å². The van der Waals surface area contributed by atoms with E-state index in [-0.39, 0.29) is 6.61 Å². The smallest absolute Gasteiger partial charge is 0.356 e. The molecule has 114 valence electrons. The number of fused-ring (bicyclic) bond motifs is 2. The number of hydrogen-bond acceptors (Lipinski definition) is 5. The number of carbonyl (C=O) groups is 1. The second-order valence-electron chi connectivity index (χ2n) is 5.12. The lowest BCUT2D eigenvalue weighted by Crippen LogP contribution is -2.39. The van der Waals surface area contributed by atoms with Gasteiger partial charge >= 0.3 is 5.97 Å². The van der Waals surface area contributed by atoms with Crippen LogP contribution in [0.15, 0.2) is 60.8 Å². The van der Waals surface area contributed by atoms with Crippen LogP contribution in [0.1, 0.15) is 0 Å². The van der Waals surface area contributed by atoms with Gasteiger partial charge in [-0.05, 0) is 24.3 Å². The van der Waals surface area contributed by atoms with Crippen LogP contribution in [-0.4, -0.2) is 23.7 Å². The molecule has 1 aliphatic heterocycles. The molecule has 0 amide bonds. The first-order valence-electron chi connectivity index (χ1n) is 7.25. The first-order chi connectivity index (χ1) is 11.3. The first kappa shape index (κ1) is 13.6. The highest BCUT2D eigenvalue weighted by molar-refractivity contribution is 5.88. The zero-order valence-electron chi connectivity index (χ0n) is 12.1. The Morgan fingerprint density at radius 1 is 1.04 bits per heavy atom. The van der Waals surface area contributed by atoms with Crippen LogP contribution in [-0.2, 0) is 4.79 Å². The third-order valence-electron chi connectivity index (χ3n) is 3.58. The fourth-order valence-electron chi connectivity index (χ4n) is 2.47. The normalized spacial score (nSPS) is 16.1. The van der Waals surface area contributed by atoms with Gasteiger partial charge in [-0.3, -0.25) is 4.98 Å². The number of carbonyl (C=O) groups excluding carboxylic acids is 1. The van der Waals surface area contributed by atoms with Gasteiger partial charge < -0.3 is 14.2 Å².